The number of nitrogens with one attached hydrogen (secondary N) is 2. The third kappa shape index (κ3) is 5.83. The van der Waals surface area contributed by atoms with Crippen molar-refractivity contribution >= 4 is 40.1 Å². The van der Waals surface area contributed by atoms with Gasteiger partial charge in [0.2, 0.25) is 0 Å². The zero-order chi connectivity index (χ0) is 22.3. The Hall–Kier alpha value is -2.53. The SMILES string of the molecule is Cc1ccc(Nc2cc(C(=O)NCCCSC3CCCCC3)c3ccccc3n2)cc1C. The minimum atomic E-state index is -0.0330. The van der Waals surface area contributed by atoms with Gasteiger partial charge in [0.1, 0.15) is 5.82 Å². The first kappa shape index (κ1) is 22.7. The van der Waals surface area contributed by atoms with Crippen LogP contribution in [0.5, 0.6) is 0 Å². The number of carbonyl (C=O) groups excluding carboxylic acids is 1. The van der Waals surface area contributed by atoms with Gasteiger partial charge in [-0.15, -0.1) is 0 Å². The summed E-state index contributed by atoms with van der Waals surface area (Å²) in [5, 5.41) is 8.21. The van der Waals surface area contributed by atoms with Gasteiger partial charge in [0.15, 0.2) is 0 Å². The maximum absolute atomic E-state index is 13.1. The van der Waals surface area contributed by atoms with Crippen LogP contribution in [0.25, 0.3) is 10.9 Å². The molecular weight excluding hydrogens is 414 g/mol. The van der Waals surface area contributed by atoms with Gasteiger partial charge in [-0.3, -0.25) is 4.79 Å². The highest BCUT2D eigenvalue weighted by Gasteiger charge is 2.15. The number of thioether (sulfide) groups is 1. The molecular formula is C27H33N3OS. The highest BCUT2D eigenvalue weighted by atomic mass is 32.2. The van der Waals surface area contributed by atoms with E-state index in [1.165, 1.54) is 43.2 Å². The molecule has 2 N–H and O–H groups in total. The van der Waals surface area contributed by atoms with Crippen LogP contribution in [0.2, 0.25) is 0 Å². The van der Waals surface area contributed by atoms with Gasteiger partial charge in [0, 0.05) is 22.9 Å². The van der Waals surface area contributed by atoms with Crippen LogP contribution < -0.4 is 10.6 Å². The minimum absolute atomic E-state index is 0.0330. The van der Waals surface area contributed by atoms with E-state index in [2.05, 4.69) is 48.4 Å². The fraction of sp³-hybridized carbons (Fsp3) is 0.407. The fourth-order valence-corrected chi connectivity index (χ4v) is 5.56. The number of fused-ring (bicyclic) bond motifs is 1. The molecule has 1 amide bonds. The Kier molecular flexibility index (Phi) is 7.69. The molecule has 168 valence electrons. The molecule has 1 fully saturated rings. The van der Waals surface area contributed by atoms with Gasteiger partial charge in [0.25, 0.3) is 5.91 Å². The van der Waals surface area contributed by atoms with E-state index >= 15 is 0 Å². The number of hydrogen-bond acceptors (Lipinski definition) is 4. The molecule has 5 heteroatoms. The molecule has 0 spiro atoms. The molecule has 3 aromatic rings. The second-order valence-corrected chi connectivity index (χ2v) is 10.1. The van der Waals surface area contributed by atoms with Crippen LogP contribution in [0.1, 0.15) is 60.0 Å². The predicted molar refractivity (Wildman–Crippen MR) is 137 cm³/mol. The summed E-state index contributed by atoms with van der Waals surface area (Å²) in [6, 6.07) is 16.0. The van der Waals surface area contributed by atoms with Crippen molar-refractivity contribution in [3.8, 4) is 0 Å². The Morgan fingerprint density at radius 2 is 1.84 bits per heavy atom. The molecule has 1 aliphatic rings. The highest BCUT2D eigenvalue weighted by molar-refractivity contribution is 7.99. The molecule has 0 radical (unpaired) electrons. The molecule has 1 heterocycles. The summed E-state index contributed by atoms with van der Waals surface area (Å²) in [5.41, 5.74) is 4.94. The second kappa shape index (κ2) is 10.9. The fourth-order valence-electron chi connectivity index (χ4n) is 4.25. The predicted octanol–water partition coefficient (Wildman–Crippen LogP) is 6.78. The van der Waals surface area contributed by atoms with Gasteiger partial charge in [-0.2, -0.15) is 11.8 Å². The zero-order valence-electron chi connectivity index (χ0n) is 19.1. The van der Waals surface area contributed by atoms with Crippen molar-refractivity contribution in [3.63, 3.8) is 0 Å². The number of anilines is 2. The molecule has 0 aliphatic heterocycles. The number of benzene rings is 2. The van der Waals surface area contributed by atoms with Crippen molar-refractivity contribution in [2.24, 2.45) is 0 Å². The van der Waals surface area contributed by atoms with E-state index < -0.39 is 0 Å². The van der Waals surface area contributed by atoms with Crippen LogP contribution >= 0.6 is 11.8 Å². The van der Waals surface area contributed by atoms with Crippen molar-refractivity contribution in [2.45, 2.75) is 57.6 Å². The van der Waals surface area contributed by atoms with E-state index in [-0.39, 0.29) is 5.91 Å². The summed E-state index contributed by atoms with van der Waals surface area (Å²) in [4.78, 5) is 17.8. The largest absolute Gasteiger partial charge is 0.352 e. The number of hydrogen-bond donors (Lipinski definition) is 2. The lowest BCUT2D eigenvalue weighted by atomic mass is 10.0. The molecule has 32 heavy (non-hydrogen) atoms. The monoisotopic (exact) mass is 447 g/mol. The van der Waals surface area contributed by atoms with Gasteiger partial charge in [-0.05, 0) is 74.3 Å². The number of pyridine rings is 1. The Morgan fingerprint density at radius 3 is 2.66 bits per heavy atom. The summed E-state index contributed by atoms with van der Waals surface area (Å²) in [5.74, 6) is 1.76. The maximum Gasteiger partial charge on any atom is 0.252 e. The van der Waals surface area contributed by atoms with E-state index in [0.29, 0.717) is 17.9 Å². The lowest BCUT2D eigenvalue weighted by Gasteiger charge is -2.20. The van der Waals surface area contributed by atoms with Gasteiger partial charge in [-0.25, -0.2) is 4.98 Å². The Morgan fingerprint density at radius 1 is 1.03 bits per heavy atom. The third-order valence-electron chi connectivity index (χ3n) is 6.25. The number of amides is 1. The maximum atomic E-state index is 13.1. The van der Waals surface area contributed by atoms with Crippen LogP contribution in [-0.4, -0.2) is 28.4 Å². The number of rotatable bonds is 8. The Bertz CT molecular complexity index is 1080. The standard InChI is InChI=1S/C27H33N3OS/c1-19-13-14-21(17-20(19)2)29-26-18-24(23-11-6-7-12-25(23)30-26)27(31)28-15-8-16-32-22-9-4-3-5-10-22/h6-7,11-14,17-18,22H,3-5,8-10,15-16H2,1-2H3,(H,28,31)(H,29,30). The van der Waals surface area contributed by atoms with Crippen LogP contribution in [0, 0.1) is 13.8 Å². The van der Waals surface area contributed by atoms with E-state index in [9.17, 15) is 4.79 Å². The minimum Gasteiger partial charge on any atom is -0.352 e. The number of carbonyl (C=O) groups is 1. The zero-order valence-corrected chi connectivity index (χ0v) is 19.9. The van der Waals surface area contributed by atoms with Gasteiger partial charge in [-0.1, -0.05) is 43.5 Å². The summed E-state index contributed by atoms with van der Waals surface area (Å²) >= 11 is 2.08. The molecule has 1 aliphatic carbocycles. The molecule has 0 unspecified atom stereocenters. The summed E-state index contributed by atoms with van der Waals surface area (Å²) in [6.07, 6.45) is 7.87. The molecule has 4 nitrogen and oxygen atoms in total. The molecule has 4 rings (SSSR count). The van der Waals surface area contributed by atoms with E-state index in [1.54, 1.807) is 0 Å². The van der Waals surface area contributed by atoms with Crippen LogP contribution in [0.4, 0.5) is 11.5 Å². The van der Waals surface area contributed by atoms with Crippen LogP contribution in [0.3, 0.4) is 0 Å². The molecule has 1 aromatic heterocycles. The highest BCUT2D eigenvalue weighted by Crippen LogP contribution is 2.28. The first-order valence-corrected chi connectivity index (χ1v) is 12.8. The lowest BCUT2D eigenvalue weighted by molar-refractivity contribution is 0.0955. The number of nitrogens with zero attached hydrogens (tertiary/aromatic N) is 1. The summed E-state index contributed by atoms with van der Waals surface area (Å²) < 4.78 is 0. The van der Waals surface area contributed by atoms with E-state index in [1.807, 2.05) is 36.4 Å². The number of para-hydroxylation sites is 1. The normalized spacial score (nSPS) is 14.4. The first-order chi connectivity index (χ1) is 15.6. The topological polar surface area (TPSA) is 54.0 Å². The van der Waals surface area contributed by atoms with Crippen molar-refractivity contribution in [1.29, 1.82) is 0 Å². The van der Waals surface area contributed by atoms with Crippen molar-refractivity contribution in [2.75, 3.05) is 17.6 Å². The van der Waals surface area contributed by atoms with Gasteiger partial charge < -0.3 is 10.6 Å². The van der Waals surface area contributed by atoms with Crippen LogP contribution in [-0.2, 0) is 0 Å². The number of aryl methyl sites for hydroxylation is 2. The average Bonchev–Trinajstić information content (AvgIpc) is 2.81. The third-order valence-corrected chi connectivity index (χ3v) is 7.72. The van der Waals surface area contributed by atoms with Crippen molar-refractivity contribution in [3.05, 3.63) is 65.2 Å². The molecule has 0 saturated heterocycles. The van der Waals surface area contributed by atoms with E-state index in [0.717, 1.165) is 34.0 Å². The molecule has 1 saturated carbocycles. The van der Waals surface area contributed by atoms with Gasteiger partial charge >= 0.3 is 0 Å². The summed E-state index contributed by atoms with van der Waals surface area (Å²) in [7, 11) is 0. The van der Waals surface area contributed by atoms with Crippen molar-refractivity contribution in [1.82, 2.24) is 10.3 Å². The summed E-state index contributed by atoms with van der Waals surface area (Å²) in [6.45, 7) is 4.90. The van der Waals surface area contributed by atoms with Crippen LogP contribution in [0.15, 0.2) is 48.5 Å². The number of aromatic nitrogens is 1. The molecule has 0 bridgehead atoms. The first-order valence-electron chi connectivity index (χ1n) is 11.7. The Balaban J connectivity index is 1.42. The van der Waals surface area contributed by atoms with Gasteiger partial charge in [0.05, 0.1) is 11.1 Å². The smallest absolute Gasteiger partial charge is 0.252 e. The lowest BCUT2D eigenvalue weighted by Crippen LogP contribution is -2.25. The molecule has 0 atom stereocenters. The van der Waals surface area contributed by atoms with E-state index in [4.69, 9.17) is 4.98 Å². The Labute approximate surface area is 195 Å². The van der Waals surface area contributed by atoms with Crippen molar-refractivity contribution < 1.29 is 4.79 Å². The average molecular weight is 448 g/mol. The second-order valence-electron chi connectivity index (χ2n) is 8.74. The molecule has 2 aromatic carbocycles. The quantitative estimate of drug-likeness (QED) is 0.374.